The first-order valence-corrected chi connectivity index (χ1v) is 6.62. The summed E-state index contributed by atoms with van der Waals surface area (Å²) >= 11 is 0. The van der Waals surface area contributed by atoms with Gasteiger partial charge in [-0.15, -0.1) is 0 Å². The second-order valence-electron chi connectivity index (χ2n) is 5.39. The fourth-order valence-corrected chi connectivity index (χ4v) is 1.97. The topological polar surface area (TPSA) is 77.8 Å². The number of rotatable bonds is 7. The maximum absolute atomic E-state index is 11.0. The van der Waals surface area contributed by atoms with E-state index in [9.17, 15) is 9.59 Å². The van der Waals surface area contributed by atoms with Gasteiger partial charge in [0.15, 0.2) is 0 Å². The van der Waals surface area contributed by atoms with Crippen molar-refractivity contribution in [2.75, 3.05) is 18.0 Å². The van der Waals surface area contributed by atoms with Crippen molar-refractivity contribution in [1.29, 1.82) is 0 Å². The predicted octanol–water partition coefficient (Wildman–Crippen LogP) is 2.57. The largest absolute Gasteiger partial charge is 0.481 e. The fourth-order valence-electron chi connectivity index (χ4n) is 1.97. The van der Waals surface area contributed by atoms with E-state index in [1.54, 1.807) is 19.1 Å². The molecule has 2 N–H and O–H groups in total. The molecule has 0 saturated carbocycles. The SMILES string of the molecule is CC(C)CN(CC(C)C(=O)O)c1cccc(C(=O)O)c1. The van der Waals surface area contributed by atoms with Crippen molar-refractivity contribution < 1.29 is 19.8 Å². The Kier molecular flexibility index (Phi) is 5.55. The molecule has 1 aromatic carbocycles. The minimum atomic E-state index is -0.984. The van der Waals surface area contributed by atoms with Gasteiger partial charge in [-0.3, -0.25) is 4.79 Å². The van der Waals surface area contributed by atoms with Gasteiger partial charge in [0.05, 0.1) is 11.5 Å². The Balaban J connectivity index is 3.00. The number of aromatic carboxylic acids is 1. The van der Waals surface area contributed by atoms with Crippen LogP contribution in [-0.2, 0) is 4.79 Å². The summed E-state index contributed by atoms with van der Waals surface area (Å²) in [6, 6.07) is 6.60. The highest BCUT2D eigenvalue weighted by Gasteiger charge is 2.18. The standard InChI is InChI=1S/C15H21NO4/c1-10(2)8-16(9-11(3)14(17)18)13-6-4-5-12(7-13)15(19)20/h4-7,10-11H,8-9H2,1-3H3,(H,17,18)(H,19,20). The number of anilines is 1. The summed E-state index contributed by atoms with van der Waals surface area (Å²) in [4.78, 5) is 23.9. The van der Waals surface area contributed by atoms with E-state index < -0.39 is 17.9 Å². The number of hydrogen-bond acceptors (Lipinski definition) is 3. The van der Waals surface area contributed by atoms with Gasteiger partial charge in [-0.05, 0) is 24.1 Å². The molecule has 0 fully saturated rings. The molecule has 5 heteroatoms. The minimum absolute atomic E-state index is 0.208. The highest BCUT2D eigenvalue weighted by Crippen LogP contribution is 2.19. The van der Waals surface area contributed by atoms with Crippen molar-refractivity contribution in [2.24, 2.45) is 11.8 Å². The predicted molar refractivity (Wildman–Crippen MR) is 77.3 cm³/mol. The summed E-state index contributed by atoms with van der Waals surface area (Å²) < 4.78 is 0. The molecule has 0 aliphatic heterocycles. The Morgan fingerprint density at radius 2 is 1.80 bits per heavy atom. The Bertz CT molecular complexity index is 485. The molecular weight excluding hydrogens is 258 g/mol. The summed E-state index contributed by atoms with van der Waals surface area (Å²) in [6.07, 6.45) is 0. The molecule has 0 saturated heterocycles. The van der Waals surface area contributed by atoms with E-state index in [1.807, 2.05) is 24.8 Å². The molecular formula is C15H21NO4. The van der Waals surface area contributed by atoms with Gasteiger partial charge in [0, 0.05) is 18.8 Å². The highest BCUT2D eigenvalue weighted by molar-refractivity contribution is 5.88. The van der Waals surface area contributed by atoms with E-state index in [2.05, 4.69) is 0 Å². The lowest BCUT2D eigenvalue weighted by Gasteiger charge is -2.28. The first-order valence-electron chi connectivity index (χ1n) is 6.62. The van der Waals surface area contributed by atoms with Gasteiger partial charge in [0.1, 0.15) is 0 Å². The van der Waals surface area contributed by atoms with Crippen molar-refractivity contribution in [1.82, 2.24) is 0 Å². The number of carboxylic acid groups (broad SMARTS) is 2. The monoisotopic (exact) mass is 279 g/mol. The lowest BCUT2D eigenvalue weighted by Crippen LogP contribution is -2.34. The van der Waals surface area contributed by atoms with E-state index in [0.29, 0.717) is 19.0 Å². The molecule has 0 aliphatic carbocycles. The zero-order chi connectivity index (χ0) is 15.3. The van der Waals surface area contributed by atoms with Crippen LogP contribution in [0.1, 0.15) is 31.1 Å². The third-order valence-corrected chi connectivity index (χ3v) is 2.96. The third kappa shape index (κ3) is 4.57. The first kappa shape index (κ1) is 16.0. The van der Waals surface area contributed by atoms with Crippen LogP contribution in [0.3, 0.4) is 0 Å². The van der Waals surface area contributed by atoms with E-state index in [4.69, 9.17) is 10.2 Å². The van der Waals surface area contributed by atoms with Gasteiger partial charge in [-0.1, -0.05) is 26.8 Å². The molecule has 1 atom stereocenters. The summed E-state index contributed by atoms with van der Waals surface area (Å²) in [5.41, 5.74) is 0.950. The Hall–Kier alpha value is -2.04. The molecule has 0 heterocycles. The van der Waals surface area contributed by atoms with Gasteiger partial charge in [0.25, 0.3) is 0 Å². The molecule has 1 aromatic rings. The molecule has 0 radical (unpaired) electrons. The maximum Gasteiger partial charge on any atom is 0.335 e. The van der Waals surface area contributed by atoms with Crippen molar-refractivity contribution in [3.63, 3.8) is 0 Å². The van der Waals surface area contributed by atoms with Gasteiger partial charge >= 0.3 is 11.9 Å². The van der Waals surface area contributed by atoms with Crippen molar-refractivity contribution in [2.45, 2.75) is 20.8 Å². The summed E-state index contributed by atoms with van der Waals surface area (Å²) in [7, 11) is 0. The normalized spacial score (nSPS) is 12.2. The summed E-state index contributed by atoms with van der Waals surface area (Å²) in [5, 5.41) is 18.1. The fraction of sp³-hybridized carbons (Fsp3) is 0.467. The summed E-state index contributed by atoms with van der Waals surface area (Å²) in [6.45, 7) is 6.77. The maximum atomic E-state index is 11.0. The molecule has 0 aliphatic rings. The zero-order valence-corrected chi connectivity index (χ0v) is 12.0. The molecule has 5 nitrogen and oxygen atoms in total. The minimum Gasteiger partial charge on any atom is -0.481 e. The van der Waals surface area contributed by atoms with Crippen LogP contribution in [0.25, 0.3) is 0 Å². The van der Waals surface area contributed by atoms with E-state index in [0.717, 1.165) is 5.69 Å². The van der Waals surface area contributed by atoms with Crippen molar-refractivity contribution in [3.8, 4) is 0 Å². The number of nitrogens with zero attached hydrogens (tertiary/aromatic N) is 1. The average Bonchev–Trinajstić information content (AvgIpc) is 2.37. The molecule has 20 heavy (non-hydrogen) atoms. The average molecular weight is 279 g/mol. The second kappa shape index (κ2) is 6.93. The van der Waals surface area contributed by atoms with Crippen LogP contribution in [0.4, 0.5) is 5.69 Å². The van der Waals surface area contributed by atoms with Crippen LogP contribution in [0.5, 0.6) is 0 Å². The highest BCUT2D eigenvalue weighted by atomic mass is 16.4. The van der Waals surface area contributed by atoms with E-state index in [1.165, 1.54) is 6.07 Å². The van der Waals surface area contributed by atoms with Crippen LogP contribution >= 0.6 is 0 Å². The Morgan fingerprint density at radius 1 is 1.15 bits per heavy atom. The van der Waals surface area contributed by atoms with Crippen LogP contribution < -0.4 is 4.90 Å². The van der Waals surface area contributed by atoms with Crippen molar-refractivity contribution in [3.05, 3.63) is 29.8 Å². The van der Waals surface area contributed by atoms with Crippen LogP contribution in [-0.4, -0.2) is 35.2 Å². The van der Waals surface area contributed by atoms with Gasteiger partial charge < -0.3 is 15.1 Å². The smallest absolute Gasteiger partial charge is 0.335 e. The number of carboxylic acids is 2. The van der Waals surface area contributed by atoms with Crippen molar-refractivity contribution >= 4 is 17.6 Å². The van der Waals surface area contributed by atoms with Crippen LogP contribution in [0, 0.1) is 11.8 Å². The summed E-state index contributed by atoms with van der Waals surface area (Å²) in [5.74, 6) is -2.00. The number of aliphatic carboxylic acids is 1. The Labute approximate surface area is 118 Å². The molecule has 0 aromatic heterocycles. The number of hydrogen-bond donors (Lipinski definition) is 2. The third-order valence-electron chi connectivity index (χ3n) is 2.96. The molecule has 0 spiro atoms. The number of carbonyl (C=O) groups is 2. The quantitative estimate of drug-likeness (QED) is 0.802. The lowest BCUT2D eigenvalue weighted by molar-refractivity contribution is -0.140. The second-order valence-corrected chi connectivity index (χ2v) is 5.39. The number of benzene rings is 1. The van der Waals surface area contributed by atoms with E-state index in [-0.39, 0.29) is 5.56 Å². The van der Waals surface area contributed by atoms with E-state index >= 15 is 0 Å². The van der Waals surface area contributed by atoms with Crippen LogP contribution in [0.15, 0.2) is 24.3 Å². The molecule has 0 bridgehead atoms. The molecule has 1 unspecified atom stereocenters. The van der Waals surface area contributed by atoms with Crippen LogP contribution in [0.2, 0.25) is 0 Å². The first-order chi connectivity index (χ1) is 9.31. The lowest BCUT2D eigenvalue weighted by atomic mass is 10.1. The van der Waals surface area contributed by atoms with Gasteiger partial charge in [-0.25, -0.2) is 4.79 Å². The molecule has 1 rings (SSSR count). The molecule has 110 valence electrons. The van der Waals surface area contributed by atoms with Gasteiger partial charge in [0.2, 0.25) is 0 Å². The molecule has 0 amide bonds. The van der Waals surface area contributed by atoms with Gasteiger partial charge in [-0.2, -0.15) is 0 Å². The Morgan fingerprint density at radius 3 is 2.30 bits per heavy atom. The zero-order valence-electron chi connectivity index (χ0n) is 12.0.